The average Bonchev–Trinajstić information content (AvgIpc) is 2.96. The first-order valence-electron chi connectivity index (χ1n) is 7.47. The summed E-state index contributed by atoms with van der Waals surface area (Å²) < 4.78 is 10.3. The molecule has 0 spiro atoms. The van der Waals surface area contributed by atoms with Gasteiger partial charge in [0, 0.05) is 26.7 Å². The fourth-order valence-electron chi connectivity index (χ4n) is 2.63. The van der Waals surface area contributed by atoms with E-state index in [2.05, 4.69) is 10.2 Å². The standard InChI is InChI=1S/C15H23N3O4/c1-21-10-12-4-5-13(22-12)15(20)17-6-8-18-7-2-3-11(9-18)14(16)19/h4-5,11H,2-3,6-10H2,1H3,(H2,16,19)(H,17,20)/t11-/m1/s1. The molecule has 7 heteroatoms. The predicted molar refractivity (Wildman–Crippen MR) is 80.1 cm³/mol. The molecule has 0 aromatic carbocycles. The second kappa shape index (κ2) is 7.95. The largest absolute Gasteiger partial charge is 0.453 e. The van der Waals surface area contributed by atoms with Gasteiger partial charge in [-0.2, -0.15) is 0 Å². The Morgan fingerprint density at radius 2 is 2.32 bits per heavy atom. The van der Waals surface area contributed by atoms with Gasteiger partial charge in [-0.05, 0) is 31.5 Å². The Hall–Kier alpha value is -1.86. The van der Waals surface area contributed by atoms with Gasteiger partial charge in [-0.1, -0.05) is 0 Å². The van der Waals surface area contributed by atoms with Crippen molar-refractivity contribution >= 4 is 11.8 Å². The first-order chi connectivity index (χ1) is 10.6. The van der Waals surface area contributed by atoms with Crippen molar-refractivity contribution in [1.82, 2.24) is 10.2 Å². The van der Waals surface area contributed by atoms with Crippen LogP contribution in [0.25, 0.3) is 0 Å². The van der Waals surface area contributed by atoms with Crippen molar-refractivity contribution in [3.8, 4) is 0 Å². The monoisotopic (exact) mass is 309 g/mol. The van der Waals surface area contributed by atoms with Crippen LogP contribution < -0.4 is 11.1 Å². The second-order valence-corrected chi connectivity index (χ2v) is 5.50. The number of ether oxygens (including phenoxy) is 1. The van der Waals surface area contributed by atoms with E-state index in [1.165, 1.54) is 0 Å². The molecular weight excluding hydrogens is 286 g/mol. The first-order valence-corrected chi connectivity index (χ1v) is 7.47. The SMILES string of the molecule is COCc1ccc(C(=O)NCCN2CCC[C@@H](C(N)=O)C2)o1. The fraction of sp³-hybridized carbons (Fsp3) is 0.600. The summed E-state index contributed by atoms with van der Waals surface area (Å²) in [6.07, 6.45) is 1.81. The number of carbonyl (C=O) groups excluding carboxylic acids is 2. The highest BCUT2D eigenvalue weighted by Crippen LogP contribution is 2.15. The highest BCUT2D eigenvalue weighted by atomic mass is 16.5. The van der Waals surface area contributed by atoms with Crippen molar-refractivity contribution in [2.75, 3.05) is 33.3 Å². The molecule has 2 heterocycles. The molecule has 2 amide bonds. The lowest BCUT2D eigenvalue weighted by molar-refractivity contribution is -0.123. The maximum absolute atomic E-state index is 11.9. The van der Waals surface area contributed by atoms with E-state index in [0.717, 1.165) is 19.4 Å². The third-order valence-electron chi connectivity index (χ3n) is 3.79. The van der Waals surface area contributed by atoms with E-state index >= 15 is 0 Å². The summed E-state index contributed by atoms with van der Waals surface area (Å²) in [6.45, 7) is 3.14. The number of amides is 2. The normalized spacial score (nSPS) is 19.0. The number of likely N-dealkylation sites (tertiary alicyclic amines) is 1. The Balaban J connectivity index is 1.73. The summed E-state index contributed by atoms with van der Waals surface area (Å²) in [6, 6.07) is 3.36. The fourth-order valence-corrected chi connectivity index (χ4v) is 2.63. The molecule has 2 rings (SSSR count). The van der Waals surface area contributed by atoms with Crippen molar-refractivity contribution in [2.24, 2.45) is 11.7 Å². The van der Waals surface area contributed by atoms with Crippen LogP contribution in [0.5, 0.6) is 0 Å². The van der Waals surface area contributed by atoms with Crippen molar-refractivity contribution in [3.05, 3.63) is 23.7 Å². The third kappa shape index (κ3) is 4.57. The van der Waals surface area contributed by atoms with E-state index < -0.39 is 0 Å². The van der Waals surface area contributed by atoms with Gasteiger partial charge in [0.2, 0.25) is 5.91 Å². The van der Waals surface area contributed by atoms with Crippen molar-refractivity contribution in [1.29, 1.82) is 0 Å². The molecule has 0 radical (unpaired) electrons. The number of nitrogens with zero attached hydrogens (tertiary/aromatic N) is 1. The first kappa shape index (κ1) is 16.5. The summed E-state index contributed by atoms with van der Waals surface area (Å²) in [7, 11) is 1.57. The van der Waals surface area contributed by atoms with Crippen LogP contribution in [0.15, 0.2) is 16.5 Å². The van der Waals surface area contributed by atoms with Gasteiger partial charge in [-0.25, -0.2) is 0 Å². The van der Waals surface area contributed by atoms with Gasteiger partial charge in [0.05, 0.1) is 5.92 Å². The summed E-state index contributed by atoms with van der Waals surface area (Å²) in [5.74, 6) is 0.334. The van der Waals surface area contributed by atoms with Crippen LogP contribution in [0, 0.1) is 5.92 Å². The Kier molecular flexibility index (Phi) is 5.97. The quantitative estimate of drug-likeness (QED) is 0.757. The van der Waals surface area contributed by atoms with Gasteiger partial charge in [0.15, 0.2) is 5.76 Å². The average molecular weight is 309 g/mol. The predicted octanol–water partition coefficient (Wildman–Crippen LogP) is 0.353. The molecule has 22 heavy (non-hydrogen) atoms. The van der Waals surface area contributed by atoms with Gasteiger partial charge in [0.1, 0.15) is 12.4 Å². The molecule has 1 saturated heterocycles. The zero-order valence-electron chi connectivity index (χ0n) is 12.8. The Labute approximate surface area is 129 Å². The summed E-state index contributed by atoms with van der Waals surface area (Å²) >= 11 is 0. The Morgan fingerprint density at radius 1 is 1.50 bits per heavy atom. The summed E-state index contributed by atoms with van der Waals surface area (Å²) in [4.78, 5) is 25.3. The molecule has 1 aromatic heterocycles. The number of nitrogens with one attached hydrogen (secondary N) is 1. The van der Waals surface area contributed by atoms with E-state index in [4.69, 9.17) is 14.9 Å². The number of primary amides is 1. The molecule has 1 fully saturated rings. The minimum absolute atomic E-state index is 0.0777. The number of carbonyl (C=O) groups is 2. The van der Waals surface area contributed by atoms with Crippen molar-refractivity contribution in [2.45, 2.75) is 19.4 Å². The maximum atomic E-state index is 11.9. The highest BCUT2D eigenvalue weighted by molar-refractivity contribution is 5.91. The number of nitrogens with two attached hydrogens (primary N) is 1. The molecule has 3 N–H and O–H groups in total. The topological polar surface area (TPSA) is 97.8 Å². The molecular formula is C15H23N3O4. The lowest BCUT2D eigenvalue weighted by Gasteiger charge is -2.30. The van der Waals surface area contributed by atoms with Crippen LogP contribution in [-0.4, -0.2) is 50.0 Å². The van der Waals surface area contributed by atoms with E-state index in [9.17, 15) is 9.59 Å². The zero-order chi connectivity index (χ0) is 15.9. The van der Waals surface area contributed by atoms with Crippen LogP contribution in [-0.2, 0) is 16.1 Å². The Morgan fingerprint density at radius 3 is 3.05 bits per heavy atom. The van der Waals surface area contributed by atoms with Gasteiger partial charge in [-0.3, -0.25) is 9.59 Å². The third-order valence-corrected chi connectivity index (χ3v) is 3.79. The minimum Gasteiger partial charge on any atom is -0.453 e. The molecule has 122 valence electrons. The lowest BCUT2D eigenvalue weighted by Crippen LogP contribution is -2.44. The molecule has 0 unspecified atom stereocenters. The van der Waals surface area contributed by atoms with Gasteiger partial charge in [-0.15, -0.1) is 0 Å². The van der Waals surface area contributed by atoms with E-state index in [0.29, 0.717) is 32.0 Å². The Bertz CT molecular complexity index is 515. The van der Waals surface area contributed by atoms with Crippen LogP contribution in [0.2, 0.25) is 0 Å². The number of piperidine rings is 1. The van der Waals surface area contributed by atoms with Gasteiger partial charge >= 0.3 is 0 Å². The molecule has 1 aliphatic heterocycles. The lowest BCUT2D eigenvalue weighted by atomic mass is 9.97. The van der Waals surface area contributed by atoms with E-state index in [1.54, 1.807) is 19.2 Å². The molecule has 0 saturated carbocycles. The summed E-state index contributed by atoms with van der Waals surface area (Å²) in [5.41, 5.74) is 5.35. The minimum atomic E-state index is -0.245. The van der Waals surface area contributed by atoms with E-state index in [-0.39, 0.29) is 23.5 Å². The number of hydrogen-bond acceptors (Lipinski definition) is 5. The highest BCUT2D eigenvalue weighted by Gasteiger charge is 2.23. The van der Waals surface area contributed by atoms with E-state index in [1.807, 2.05) is 0 Å². The van der Waals surface area contributed by atoms with Crippen molar-refractivity contribution < 1.29 is 18.7 Å². The van der Waals surface area contributed by atoms with Crippen LogP contribution in [0.1, 0.15) is 29.2 Å². The molecule has 1 atom stereocenters. The van der Waals surface area contributed by atoms with Crippen molar-refractivity contribution in [3.63, 3.8) is 0 Å². The molecule has 1 aromatic rings. The van der Waals surface area contributed by atoms with Crippen LogP contribution in [0.3, 0.4) is 0 Å². The number of furan rings is 1. The van der Waals surface area contributed by atoms with Gasteiger partial charge in [0.25, 0.3) is 5.91 Å². The van der Waals surface area contributed by atoms with Crippen LogP contribution in [0.4, 0.5) is 0 Å². The maximum Gasteiger partial charge on any atom is 0.287 e. The molecule has 0 aliphatic carbocycles. The number of hydrogen-bond donors (Lipinski definition) is 2. The summed E-state index contributed by atoms with van der Waals surface area (Å²) in [5, 5.41) is 2.81. The second-order valence-electron chi connectivity index (χ2n) is 5.50. The van der Waals surface area contributed by atoms with Gasteiger partial charge < -0.3 is 25.1 Å². The van der Waals surface area contributed by atoms with Crippen LogP contribution >= 0.6 is 0 Å². The number of methoxy groups -OCH3 is 1. The molecule has 7 nitrogen and oxygen atoms in total. The number of rotatable bonds is 7. The molecule has 0 bridgehead atoms. The smallest absolute Gasteiger partial charge is 0.287 e. The molecule has 1 aliphatic rings. The zero-order valence-corrected chi connectivity index (χ0v) is 12.8.